The molecule has 0 radical (unpaired) electrons. The second-order valence-corrected chi connectivity index (χ2v) is 14.4. The van der Waals surface area contributed by atoms with Gasteiger partial charge in [0.25, 0.3) is 0 Å². The first-order valence-corrected chi connectivity index (χ1v) is 17.4. The summed E-state index contributed by atoms with van der Waals surface area (Å²) >= 11 is 0. The number of piperidine rings is 1. The van der Waals surface area contributed by atoms with Gasteiger partial charge in [-0.3, -0.25) is 10.0 Å². The van der Waals surface area contributed by atoms with E-state index in [1.165, 1.54) is 16.4 Å². The third-order valence-electron chi connectivity index (χ3n) is 7.36. The third-order valence-corrected chi connectivity index (χ3v) is 9.87. The molecular weight excluding hydrogens is 606 g/mol. The molecule has 3 heterocycles. The largest absolute Gasteiger partial charge is 0.387 e. The molecular formula is C29H35N7O6S2. The van der Waals surface area contributed by atoms with Crippen LogP contribution in [-0.2, 0) is 20.0 Å². The predicted octanol–water partition coefficient (Wildman–Crippen LogP) is 3.30. The van der Waals surface area contributed by atoms with E-state index < -0.39 is 32.2 Å². The van der Waals surface area contributed by atoms with Crippen molar-refractivity contribution in [2.45, 2.75) is 23.8 Å². The summed E-state index contributed by atoms with van der Waals surface area (Å²) in [5, 5.41) is 20.1. The summed E-state index contributed by atoms with van der Waals surface area (Å²) in [4.78, 5) is 19.4. The Labute approximate surface area is 256 Å². The standard InChI is InChI=1S/C29H35N7O6S2/c1-43(39,40)35-25-17-22(16-21-9-13-32-28(21)25)26(37)19-30-18-20-10-14-36(15-11-20)44(41,42)24-7-5-23(6-8-24)33-29(38)34-27-4-2-3-12-31-27/h2-9,12-13,16-17,20,26,30,32,35,37H,10-11,14-15,18-19H2,1H3,(H2,31,33,34,38). The lowest BCUT2D eigenvalue weighted by Gasteiger charge is -2.31. The molecule has 2 amide bonds. The molecule has 234 valence electrons. The van der Waals surface area contributed by atoms with Gasteiger partial charge >= 0.3 is 6.03 Å². The molecule has 1 aliphatic rings. The van der Waals surface area contributed by atoms with Crippen LogP contribution >= 0.6 is 0 Å². The third kappa shape index (κ3) is 7.92. The van der Waals surface area contributed by atoms with Gasteiger partial charge in [0, 0.05) is 43.1 Å². The molecule has 0 saturated carbocycles. The first-order chi connectivity index (χ1) is 21.0. The summed E-state index contributed by atoms with van der Waals surface area (Å²) in [6, 6.07) is 15.9. The number of benzene rings is 2. The Morgan fingerprint density at radius 3 is 2.48 bits per heavy atom. The Morgan fingerprint density at radius 1 is 1.05 bits per heavy atom. The molecule has 0 bridgehead atoms. The maximum atomic E-state index is 13.2. The number of pyridine rings is 1. The normalized spacial score (nSPS) is 15.6. The number of H-pyrrole nitrogens is 1. The quantitative estimate of drug-likeness (QED) is 0.144. The smallest absolute Gasteiger partial charge is 0.324 e. The molecule has 44 heavy (non-hydrogen) atoms. The highest BCUT2D eigenvalue weighted by molar-refractivity contribution is 7.92. The number of rotatable bonds is 11. The van der Waals surface area contributed by atoms with Crippen molar-refractivity contribution in [3.8, 4) is 0 Å². The highest BCUT2D eigenvalue weighted by Crippen LogP contribution is 2.29. The van der Waals surface area contributed by atoms with Crippen molar-refractivity contribution >= 4 is 54.2 Å². The molecule has 1 atom stereocenters. The number of aromatic amines is 1. The first kappa shape index (κ1) is 31.4. The minimum absolute atomic E-state index is 0.150. The van der Waals surface area contributed by atoms with Gasteiger partial charge in [-0.2, -0.15) is 4.31 Å². The number of sulfonamides is 2. The summed E-state index contributed by atoms with van der Waals surface area (Å²) in [7, 11) is -7.20. The van der Waals surface area contributed by atoms with E-state index in [9.17, 15) is 26.7 Å². The number of hydrogen-bond donors (Lipinski definition) is 6. The van der Waals surface area contributed by atoms with Crippen LogP contribution in [0.1, 0.15) is 24.5 Å². The molecule has 1 unspecified atom stereocenters. The van der Waals surface area contributed by atoms with Gasteiger partial charge in [-0.05, 0) is 85.5 Å². The van der Waals surface area contributed by atoms with Crippen LogP contribution in [0.3, 0.4) is 0 Å². The van der Waals surface area contributed by atoms with E-state index in [4.69, 9.17) is 0 Å². The van der Waals surface area contributed by atoms with Crippen molar-refractivity contribution in [1.29, 1.82) is 0 Å². The zero-order valence-corrected chi connectivity index (χ0v) is 25.7. The van der Waals surface area contributed by atoms with Crippen LogP contribution < -0.4 is 20.7 Å². The predicted molar refractivity (Wildman–Crippen MR) is 169 cm³/mol. The van der Waals surface area contributed by atoms with Crippen molar-refractivity contribution < 1.29 is 26.7 Å². The summed E-state index contributed by atoms with van der Waals surface area (Å²) in [5.41, 5.74) is 2.03. The Hall–Kier alpha value is -4.02. The van der Waals surface area contributed by atoms with E-state index in [1.54, 1.807) is 48.8 Å². The second-order valence-electron chi connectivity index (χ2n) is 10.7. The van der Waals surface area contributed by atoms with Gasteiger partial charge < -0.3 is 20.7 Å². The number of fused-ring (bicyclic) bond motifs is 1. The van der Waals surface area contributed by atoms with Crippen LogP contribution in [-0.4, -0.2) is 74.7 Å². The maximum Gasteiger partial charge on any atom is 0.324 e. The minimum atomic E-state index is -3.70. The van der Waals surface area contributed by atoms with Gasteiger partial charge in [0.1, 0.15) is 5.82 Å². The Morgan fingerprint density at radius 2 is 1.80 bits per heavy atom. The highest BCUT2D eigenvalue weighted by Gasteiger charge is 2.29. The monoisotopic (exact) mass is 641 g/mol. The van der Waals surface area contributed by atoms with Crippen LogP contribution in [0.25, 0.3) is 10.9 Å². The number of carbonyl (C=O) groups excluding carboxylic acids is 1. The zero-order valence-electron chi connectivity index (χ0n) is 24.0. The molecule has 1 aliphatic heterocycles. The van der Waals surface area contributed by atoms with E-state index in [0.717, 1.165) is 11.6 Å². The Bertz CT molecular complexity index is 1810. The number of amides is 2. The molecule has 5 rings (SSSR count). The van der Waals surface area contributed by atoms with Crippen LogP contribution in [0.15, 0.2) is 78.0 Å². The fourth-order valence-electron chi connectivity index (χ4n) is 5.14. The van der Waals surface area contributed by atoms with Crippen LogP contribution in [0.5, 0.6) is 0 Å². The topological polar surface area (TPSA) is 186 Å². The number of aromatic nitrogens is 2. The van der Waals surface area contributed by atoms with Gasteiger partial charge in [0.15, 0.2) is 0 Å². The second kappa shape index (κ2) is 13.3. The average Bonchev–Trinajstić information content (AvgIpc) is 3.47. The van der Waals surface area contributed by atoms with E-state index in [2.05, 4.69) is 30.6 Å². The van der Waals surface area contributed by atoms with E-state index in [1.807, 2.05) is 12.1 Å². The fourth-order valence-corrected chi connectivity index (χ4v) is 7.17. The minimum Gasteiger partial charge on any atom is -0.387 e. The van der Waals surface area contributed by atoms with Crippen molar-refractivity contribution in [2.24, 2.45) is 5.92 Å². The highest BCUT2D eigenvalue weighted by atomic mass is 32.2. The van der Waals surface area contributed by atoms with Gasteiger partial charge in [-0.25, -0.2) is 26.6 Å². The van der Waals surface area contributed by atoms with Crippen molar-refractivity contribution in [3.63, 3.8) is 0 Å². The summed E-state index contributed by atoms with van der Waals surface area (Å²) in [6.07, 6.45) is 4.79. The molecule has 13 nitrogen and oxygen atoms in total. The number of nitrogens with one attached hydrogen (secondary N) is 5. The average molecular weight is 642 g/mol. The summed E-state index contributed by atoms with van der Waals surface area (Å²) < 4.78 is 54.0. The van der Waals surface area contributed by atoms with E-state index >= 15 is 0 Å². The van der Waals surface area contributed by atoms with Crippen LogP contribution in [0, 0.1) is 5.92 Å². The van der Waals surface area contributed by atoms with Gasteiger partial charge in [-0.1, -0.05) is 6.07 Å². The number of aliphatic hydroxyl groups is 1. The number of aliphatic hydroxyl groups excluding tert-OH is 1. The molecule has 6 N–H and O–H groups in total. The van der Waals surface area contributed by atoms with Gasteiger partial charge in [-0.15, -0.1) is 0 Å². The lowest BCUT2D eigenvalue weighted by atomic mass is 9.98. The van der Waals surface area contributed by atoms with Crippen LogP contribution in [0.2, 0.25) is 0 Å². The lowest BCUT2D eigenvalue weighted by Crippen LogP contribution is -2.41. The Balaban J connectivity index is 1.09. The number of hydrogen-bond acceptors (Lipinski definition) is 8. The van der Waals surface area contributed by atoms with Gasteiger partial charge in [0.2, 0.25) is 20.0 Å². The van der Waals surface area contributed by atoms with Gasteiger partial charge in [0.05, 0.1) is 28.5 Å². The summed E-state index contributed by atoms with van der Waals surface area (Å²) in [5.74, 6) is 0.624. The fraction of sp³-hybridized carbons (Fsp3) is 0.310. The number of carbonyl (C=O) groups is 1. The SMILES string of the molecule is CS(=O)(=O)Nc1cc(C(O)CNCC2CCN(S(=O)(=O)c3ccc(NC(=O)Nc4ccccn4)cc3)CC2)cc2cc[nH]c12. The molecule has 2 aromatic carbocycles. The lowest BCUT2D eigenvalue weighted by molar-refractivity contribution is 0.169. The molecule has 1 fully saturated rings. The molecule has 4 aromatic rings. The molecule has 2 aromatic heterocycles. The first-order valence-electron chi connectivity index (χ1n) is 14.0. The zero-order chi connectivity index (χ0) is 31.3. The van der Waals surface area contributed by atoms with Crippen molar-refractivity contribution in [1.82, 2.24) is 19.6 Å². The summed E-state index contributed by atoms with van der Waals surface area (Å²) in [6.45, 7) is 1.60. The van der Waals surface area contributed by atoms with Crippen LogP contribution in [0.4, 0.5) is 22.0 Å². The molecule has 0 aliphatic carbocycles. The van der Waals surface area contributed by atoms with Crippen molar-refractivity contribution in [2.75, 3.05) is 47.8 Å². The number of anilines is 3. The molecule has 1 saturated heterocycles. The molecule has 0 spiro atoms. The van der Waals surface area contributed by atoms with E-state index in [-0.39, 0.29) is 17.4 Å². The number of urea groups is 1. The van der Waals surface area contributed by atoms with Crippen molar-refractivity contribution in [3.05, 3.63) is 78.6 Å². The van der Waals surface area contributed by atoms with E-state index in [0.29, 0.717) is 60.7 Å². The Kier molecular flexibility index (Phi) is 9.51. The maximum absolute atomic E-state index is 13.2. The molecule has 15 heteroatoms. The number of nitrogens with zero attached hydrogens (tertiary/aromatic N) is 2.